The van der Waals surface area contributed by atoms with E-state index in [1.807, 2.05) is 13.1 Å². The molecule has 1 aromatic carbocycles. The van der Waals surface area contributed by atoms with Crippen molar-refractivity contribution in [3.63, 3.8) is 0 Å². The molecule has 0 radical (unpaired) electrons. The summed E-state index contributed by atoms with van der Waals surface area (Å²) in [5, 5.41) is 12.5. The molecule has 3 heteroatoms. The summed E-state index contributed by atoms with van der Waals surface area (Å²) in [6, 6.07) is 5.73. The second-order valence-electron chi connectivity index (χ2n) is 3.68. The van der Waals surface area contributed by atoms with Crippen molar-refractivity contribution >= 4 is 17.0 Å². The molecule has 1 unspecified atom stereocenters. The van der Waals surface area contributed by atoms with Crippen LogP contribution >= 0.6 is 17.0 Å². The molecule has 0 saturated carbocycles. The van der Waals surface area contributed by atoms with E-state index in [0.717, 1.165) is 13.0 Å². The second kappa shape index (κ2) is 4.80. The van der Waals surface area contributed by atoms with Gasteiger partial charge < -0.3 is 10.4 Å². The number of rotatable bonds is 2. The molecule has 0 fully saturated rings. The van der Waals surface area contributed by atoms with Gasteiger partial charge in [0.15, 0.2) is 0 Å². The fraction of sp³-hybridized carbons (Fsp3) is 0.455. The molecule has 2 nitrogen and oxygen atoms in total. The van der Waals surface area contributed by atoms with Gasteiger partial charge in [-0.05, 0) is 49.1 Å². The van der Waals surface area contributed by atoms with E-state index in [-0.39, 0.29) is 17.0 Å². The van der Waals surface area contributed by atoms with Gasteiger partial charge in [-0.1, -0.05) is 6.07 Å². The lowest BCUT2D eigenvalue weighted by atomic mass is 10.0. The largest absolute Gasteiger partial charge is 0.508 e. The Morgan fingerprint density at radius 3 is 3.00 bits per heavy atom. The maximum absolute atomic E-state index is 9.30. The number of aromatic hydroxyl groups is 1. The molecule has 1 aliphatic rings. The topological polar surface area (TPSA) is 32.3 Å². The first-order valence-electron chi connectivity index (χ1n) is 4.77. The van der Waals surface area contributed by atoms with E-state index >= 15 is 0 Å². The Hall–Kier alpha value is -0.540. The summed E-state index contributed by atoms with van der Waals surface area (Å²) in [5.41, 5.74) is 2.73. The summed E-state index contributed by atoms with van der Waals surface area (Å²) < 4.78 is 0. The highest BCUT2D eigenvalue weighted by atomic mass is 79.9. The maximum atomic E-state index is 9.30. The molecule has 1 atom stereocenters. The molecule has 0 saturated heterocycles. The van der Waals surface area contributed by atoms with Crippen molar-refractivity contribution in [2.24, 2.45) is 0 Å². The van der Waals surface area contributed by atoms with E-state index in [2.05, 4.69) is 11.4 Å². The number of likely N-dealkylation sites (N-methyl/N-ethyl adjacent to an activating group) is 1. The minimum atomic E-state index is 0. The van der Waals surface area contributed by atoms with Gasteiger partial charge in [0.2, 0.25) is 0 Å². The van der Waals surface area contributed by atoms with Crippen molar-refractivity contribution in [3.8, 4) is 5.75 Å². The predicted molar refractivity (Wildman–Crippen MR) is 63.4 cm³/mol. The maximum Gasteiger partial charge on any atom is 0.115 e. The Kier molecular flexibility index (Phi) is 3.96. The first-order chi connectivity index (χ1) is 6.31. The fourth-order valence-corrected chi connectivity index (χ4v) is 2.15. The Bertz CT molecular complexity index is 314. The van der Waals surface area contributed by atoms with Crippen LogP contribution in [0.2, 0.25) is 0 Å². The molecular weight excluding hydrogens is 242 g/mol. The Balaban J connectivity index is 0.000000980. The van der Waals surface area contributed by atoms with E-state index in [1.165, 1.54) is 17.5 Å². The van der Waals surface area contributed by atoms with Crippen LogP contribution in [-0.4, -0.2) is 18.7 Å². The zero-order valence-corrected chi connectivity index (χ0v) is 10.00. The van der Waals surface area contributed by atoms with Crippen molar-refractivity contribution in [2.75, 3.05) is 13.6 Å². The van der Waals surface area contributed by atoms with Crippen LogP contribution in [0.1, 0.15) is 23.5 Å². The number of benzene rings is 1. The summed E-state index contributed by atoms with van der Waals surface area (Å²) in [4.78, 5) is 0. The van der Waals surface area contributed by atoms with Crippen molar-refractivity contribution in [2.45, 2.75) is 18.8 Å². The first kappa shape index (κ1) is 11.5. The summed E-state index contributed by atoms with van der Waals surface area (Å²) in [6.07, 6.45) is 2.32. The molecular formula is C11H16BrNO. The highest BCUT2D eigenvalue weighted by Gasteiger charge is 2.21. The molecule has 0 aromatic heterocycles. The number of phenols is 1. The second-order valence-corrected chi connectivity index (χ2v) is 3.68. The standard InChI is InChI=1S/C11H15NO.BrH/c1-12-7-9-3-2-8-6-10(13)4-5-11(8)9;/h4-6,9,12-13H,2-3,7H2,1H3;1H. The Labute approximate surface area is 95.1 Å². The van der Waals surface area contributed by atoms with E-state index in [4.69, 9.17) is 0 Å². The number of nitrogens with one attached hydrogen (secondary N) is 1. The van der Waals surface area contributed by atoms with Crippen molar-refractivity contribution in [1.82, 2.24) is 5.32 Å². The molecule has 0 spiro atoms. The molecule has 14 heavy (non-hydrogen) atoms. The number of phenolic OH excluding ortho intramolecular Hbond substituents is 1. The average Bonchev–Trinajstić information content (AvgIpc) is 2.49. The summed E-state index contributed by atoms with van der Waals surface area (Å²) in [6.45, 7) is 1.04. The summed E-state index contributed by atoms with van der Waals surface area (Å²) in [7, 11) is 1.98. The summed E-state index contributed by atoms with van der Waals surface area (Å²) in [5.74, 6) is 1.03. The van der Waals surface area contributed by atoms with Gasteiger partial charge >= 0.3 is 0 Å². The van der Waals surface area contributed by atoms with Gasteiger partial charge in [0.1, 0.15) is 5.75 Å². The molecule has 0 heterocycles. The zero-order valence-electron chi connectivity index (χ0n) is 8.29. The molecule has 2 rings (SSSR count). The van der Waals surface area contributed by atoms with Crippen LogP contribution in [0.5, 0.6) is 5.75 Å². The third-order valence-electron chi connectivity index (χ3n) is 2.78. The number of hydrogen-bond donors (Lipinski definition) is 2. The molecule has 2 N–H and O–H groups in total. The van der Waals surface area contributed by atoms with Gasteiger partial charge in [-0.15, -0.1) is 17.0 Å². The Morgan fingerprint density at radius 2 is 2.29 bits per heavy atom. The van der Waals surface area contributed by atoms with Crippen molar-refractivity contribution in [1.29, 1.82) is 0 Å². The van der Waals surface area contributed by atoms with Crippen LogP contribution in [-0.2, 0) is 6.42 Å². The van der Waals surface area contributed by atoms with E-state index in [0.29, 0.717) is 11.7 Å². The number of hydrogen-bond acceptors (Lipinski definition) is 2. The van der Waals surface area contributed by atoms with Crippen molar-refractivity contribution < 1.29 is 5.11 Å². The normalized spacial score (nSPS) is 18.8. The number of halogens is 1. The number of aryl methyl sites for hydroxylation is 1. The minimum absolute atomic E-state index is 0. The molecule has 1 aromatic rings. The predicted octanol–water partition coefficient (Wildman–Crippen LogP) is 2.22. The van der Waals surface area contributed by atoms with Crippen LogP contribution in [0.15, 0.2) is 18.2 Å². The lowest BCUT2D eigenvalue weighted by Gasteiger charge is -2.10. The lowest BCUT2D eigenvalue weighted by Crippen LogP contribution is -2.14. The molecule has 0 aliphatic heterocycles. The fourth-order valence-electron chi connectivity index (χ4n) is 2.15. The van der Waals surface area contributed by atoms with Gasteiger partial charge in [-0.3, -0.25) is 0 Å². The van der Waals surface area contributed by atoms with Crippen molar-refractivity contribution in [3.05, 3.63) is 29.3 Å². The van der Waals surface area contributed by atoms with Gasteiger partial charge in [-0.2, -0.15) is 0 Å². The first-order valence-corrected chi connectivity index (χ1v) is 4.77. The SMILES string of the molecule is Br.CNCC1CCc2cc(O)ccc21. The molecule has 78 valence electrons. The van der Waals surface area contributed by atoms with Gasteiger partial charge in [0.25, 0.3) is 0 Å². The van der Waals surface area contributed by atoms with Crippen LogP contribution < -0.4 is 5.32 Å². The average molecular weight is 258 g/mol. The smallest absolute Gasteiger partial charge is 0.115 e. The van der Waals surface area contributed by atoms with Crippen LogP contribution in [0.25, 0.3) is 0 Å². The van der Waals surface area contributed by atoms with Crippen LogP contribution in [0, 0.1) is 0 Å². The quantitative estimate of drug-likeness (QED) is 0.852. The Morgan fingerprint density at radius 1 is 1.50 bits per heavy atom. The van der Waals surface area contributed by atoms with Crippen LogP contribution in [0.3, 0.4) is 0 Å². The zero-order chi connectivity index (χ0) is 9.26. The van der Waals surface area contributed by atoms with E-state index in [1.54, 1.807) is 6.07 Å². The minimum Gasteiger partial charge on any atom is -0.508 e. The molecule has 0 bridgehead atoms. The lowest BCUT2D eigenvalue weighted by molar-refractivity contribution is 0.474. The van der Waals surface area contributed by atoms with Crippen LogP contribution in [0.4, 0.5) is 0 Å². The van der Waals surface area contributed by atoms with Gasteiger partial charge in [0, 0.05) is 6.54 Å². The molecule has 1 aliphatic carbocycles. The third-order valence-corrected chi connectivity index (χ3v) is 2.78. The van der Waals surface area contributed by atoms with Gasteiger partial charge in [0.05, 0.1) is 0 Å². The van der Waals surface area contributed by atoms with E-state index in [9.17, 15) is 5.11 Å². The monoisotopic (exact) mass is 257 g/mol. The van der Waals surface area contributed by atoms with Gasteiger partial charge in [-0.25, -0.2) is 0 Å². The summed E-state index contributed by atoms with van der Waals surface area (Å²) >= 11 is 0. The highest BCUT2D eigenvalue weighted by Crippen LogP contribution is 2.34. The third kappa shape index (κ3) is 2.10. The van der Waals surface area contributed by atoms with E-state index < -0.39 is 0 Å². The number of fused-ring (bicyclic) bond motifs is 1. The molecule has 0 amide bonds. The highest BCUT2D eigenvalue weighted by molar-refractivity contribution is 8.93.